The highest BCUT2D eigenvalue weighted by atomic mass is 35.5. The first kappa shape index (κ1) is 15.7. The van der Waals surface area contributed by atoms with E-state index in [0.717, 1.165) is 25.7 Å². The van der Waals surface area contributed by atoms with Crippen molar-refractivity contribution in [3.05, 3.63) is 28.8 Å². The lowest BCUT2D eigenvalue weighted by Crippen LogP contribution is -2.37. The molecule has 0 bridgehead atoms. The molecule has 0 radical (unpaired) electrons. The summed E-state index contributed by atoms with van der Waals surface area (Å²) < 4.78 is 0. The highest BCUT2D eigenvalue weighted by molar-refractivity contribution is 6.30. The van der Waals surface area contributed by atoms with E-state index in [2.05, 4.69) is 11.4 Å². The summed E-state index contributed by atoms with van der Waals surface area (Å²) in [6, 6.07) is 7.10. The third-order valence-corrected chi connectivity index (χ3v) is 4.47. The third kappa shape index (κ3) is 3.68. The molecule has 1 aliphatic carbocycles. The average Bonchev–Trinajstić information content (AvgIpc) is 2.72. The quantitative estimate of drug-likeness (QED) is 0.823. The van der Waals surface area contributed by atoms with Gasteiger partial charge in [0.25, 0.3) is 0 Å². The predicted molar refractivity (Wildman–Crippen MR) is 82.4 cm³/mol. The van der Waals surface area contributed by atoms with Gasteiger partial charge in [0.1, 0.15) is 6.07 Å². The molecule has 1 aromatic carbocycles. The average molecular weight is 307 g/mol. The van der Waals surface area contributed by atoms with Gasteiger partial charge in [0.2, 0.25) is 0 Å². The van der Waals surface area contributed by atoms with Crippen LogP contribution in [0.25, 0.3) is 0 Å². The number of carboxylic acid groups (broad SMARTS) is 1. The Bertz CT molecular complexity index is 558. The molecular weight excluding hydrogens is 288 g/mol. The smallest absolute Gasteiger partial charge is 0.311 e. The van der Waals surface area contributed by atoms with Crippen molar-refractivity contribution < 1.29 is 9.90 Å². The highest BCUT2D eigenvalue weighted by Gasteiger charge is 2.38. The second kappa shape index (κ2) is 6.82. The summed E-state index contributed by atoms with van der Waals surface area (Å²) in [6.07, 6.45) is 5.45. The van der Waals surface area contributed by atoms with Crippen LogP contribution in [0.3, 0.4) is 0 Å². The summed E-state index contributed by atoms with van der Waals surface area (Å²) in [5.41, 5.74) is 0.353. The van der Waals surface area contributed by atoms with Gasteiger partial charge >= 0.3 is 5.97 Å². The van der Waals surface area contributed by atoms with E-state index in [-0.39, 0.29) is 0 Å². The molecule has 0 heterocycles. The van der Waals surface area contributed by atoms with Crippen molar-refractivity contribution in [2.24, 2.45) is 5.41 Å². The van der Waals surface area contributed by atoms with Crippen LogP contribution in [0.4, 0.5) is 5.69 Å². The molecule has 0 unspecified atom stereocenters. The number of aliphatic carboxylic acids is 1. The first-order valence-corrected chi connectivity index (χ1v) is 7.62. The summed E-state index contributed by atoms with van der Waals surface area (Å²) in [6.45, 7) is 0.346. The fourth-order valence-electron chi connectivity index (χ4n) is 2.90. The van der Waals surface area contributed by atoms with Crippen LogP contribution >= 0.6 is 11.6 Å². The zero-order chi connectivity index (χ0) is 15.3. The molecule has 112 valence electrons. The molecule has 1 fully saturated rings. The summed E-state index contributed by atoms with van der Waals surface area (Å²) in [5, 5.41) is 22.4. The lowest BCUT2D eigenvalue weighted by atomic mass is 9.80. The van der Waals surface area contributed by atoms with Gasteiger partial charge in [-0.05, 0) is 31.0 Å². The Balaban J connectivity index is 2.16. The molecule has 4 nitrogen and oxygen atoms in total. The van der Waals surface area contributed by atoms with Crippen molar-refractivity contribution in [2.75, 3.05) is 11.9 Å². The van der Waals surface area contributed by atoms with Crippen LogP contribution in [0.5, 0.6) is 0 Å². The SMILES string of the molecule is N#Cc1cc(Cl)ccc1NCC1(C(=O)O)CCCCCC1. The van der Waals surface area contributed by atoms with Gasteiger partial charge in [-0.25, -0.2) is 0 Å². The largest absolute Gasteiger partial charge is 0.481 e. The van der Waals surface area contributed by atoms with Crippen molar-refractivity contribution in [3.63, 3.8) is 0 Å². The second-order valence-corrected chi connectivity index (χ2v) is 6.09. The van der Waals surface area contributed by atoms with Crippen LogP contribution < -0.4 is 5.32 Å². The maximum atomic E-state index is 11.7. The molecular formula is C16H19ClN2O2. The molecule has 2 N–H and O–H groups in total. The van der Waals surface area contributed by atoms with Crippen LogP contribution in [0.2, 0.25) is 5.02 Å². The van der Waals surface area contributed by atoms with Gasteiger partial charge in [-0.1, -0.05) is 37.3 Å². The fourth-order valence-corrected chi connectivity index (χ4v) is 3.07. The van der Waals surface area contributed by atoms with Crippen LogP contribution in [-0.2, 0) is 4.79 Å². The van der Waals surface area contributed by atoms with Crippen LogP contribution in [0.1, 0.15) is 44.1 Å². The minimum absolute atomic E-state index is 0.346. The Hall–Kier alpha value is -1.73. The first-order chi connectivity index (χ1) is 10.1. The fraction of sp³-hybridized carbons (Fsp3) is 0.500. The van der Waals surface area contributed by atoms with Gasteiger partial charge in [0.15, 0.2) is 0 Å². The summed E-state index contributed by atoms with van der Waals surface area (Å²) >= 11 is 5.87. The molecule has 2 rings (SSSR count). The van der Waals surface area contributed by atoms with E-state index in [4.69, 9.17) is 16.9 Å². The molecule has 21 heavy (non-hydrogen) atoms. The van der Waals surface area contributed by atoms with E-state index >= 15 is 0 Å². The Kier molecular flexibility index (Phi) is 5.08. The number of hydrogen-bond donors (Lipinski definition) is 2. The zero-order valence-electron chi connectivity index (χ0n) is 11.9. The maximum Gasteiger partial charge on any atom is 0.311 e. The lowest BCUT2D eigenvalue weighted by molar-refractivity contribution is -0.149. The molecule has 1 saturated carbocycles. The molecule has 1 aromatic rings. The number of carbonyl (C=O) groups is 1. The summed E-state index contributed by atoms with van der Waals surface area (Å²) in [7, 11) is 0. The van der Waals surface area contributed by atoms with Crippen LogP contribution in [0, 0.1) is 16.7 Å². The Morgan fingerprint density at radius 2 is 2.00 bits per heavy atom. The summed E-state index contributed by atoms with van der Waals surface area (Å²) in [5.74, 6) is -0.746. The number of halogens is 1. The number of benzene rings is 1. The normalized spacial score (nSPS) is 17.5. The van der Waals surface area contributed by atoms with E-state index in [0.29, 0.717) is 35.7 Å². The minimum Gasteiger partial charge on any atom is -0.481 e. The van der Waals surface area contributed by atoms with Gasteiger partial charge in [0, 0.05) is 11.6 Å². The number of nitriles is 1. The predicted octanol–water partition coefficient (Wildman–Crippen LogP) is 4.05. The second-order valence-electron chi connectivity index (χ2n) is 5.65. The van der Waals surface area contributed by atoms with Crippen molar-refractivity contribution in [2.45, 2.75) is 38.5 Å². The maximum absolute atomic E-state index is 11.7. The zero-order valence-corrected chi connectivity index (χ0v) is 12.6. The van der Waals surface area contributed by atoms with E-state index < -0.39 is 11.4 Å². The van der Waals surface area contributed by atoms with E-state index in [1.165, 1.54) is 0 Å². The van der Waals surface area contributed by atoms with Crippen LogP contribution in [-0.4, -0.2) is 17.6 Å². The highest BCUT2D eigenvalue weighted by Crippen LogP contribution is 2.36. The Morgan fingerprint density at radius 3 is 2.57 bits per heavy atom. The lowest BCUT2D eigenvalue weighted by Gasteiger charge is -2.28. The number of rotatable bonds is 4. The molecule has 0 aromatic heterocycles. The number of hydrogen-bond acceptors (Lipinski definition) is 3. The van der Waals surface area contributed by atoms with Crippen molar-refractivity contribution in [1.29, 1.82) is 5.26 Å². The van der Waals surface area contributed by atoms with Crippen molar-refractivity contribution in [3.8, 4) is 6.07 Å². The number of carboxylic acids is 1. The van der Waals surface area contributed by atoms with Gasteiger partial charge < -0.3 is 10.4 Å². The molecule has 1 aliphatic rings. The standard InChI is InChI=1S/C16H19ClN2O2/c17-13-5-6-14(12(9-13)10-18)19-11-16(15(20)21)7-3-1-2-4-8-16/h5-6,9,19H,1-4,7-8,11H2,(H,20,21). The van der Waals surface area contributed by atoms with Crippen molar-refractivity contribution >= 4 is 23.3 Å². The van der Waals surface area contributed by atoms with Gasteiger partial charge in [0.05, 0.1) is 16.7 Å². The topological polar surface area (TPSA) is 73.1 Å². The number of anilines is 1. The van der Waals surface area contributed by atoms with Crippen LogP contribution in [0.15, 0.2) is 18.2 Å². The third-order valence-electron chi connectivity index (χ3n) is 4.23. The monoisotopic (exact) mass is 306 g/mol. The number of nitrogens with zero attached hydrogens (tertiary/aromatic N) is 1. The van der Waals surface area contributed by atoms with Crippen molar-refractivity contribution in [1.82, 2.24) is 0 Å². The molecule has 0 aliphatic heterocycles. The summed E-state index contributed by atoms with van der Waals surface area (Å²) in [4.78, 5) is 11.7. The van der Waals surface area contributed by atoms with Gasteiger partial charge in [-0.15, -0.1) is 0 Å². The molecule has 0 spiro atoms. The van der Waals surface area contributed by atoms with E-state index in [9.17, 15) is 9.90 Å². The molecule has 0 saturated heterocycles. The van der Waals surface area contributed by atoms with E-state index in [1.54, 1.807) is 18.2 Å². The minimum atomic E-state index is -0.746. The molecule has 0 amide bonds. The number of nitrogens with one attached hydrogen (secondary N) is 1. The Labute approximate surface area is 129 Å². The molecule has 0 atom stereocenters. The van der Waals surface area contributed by atoms with Gasteiger partial charge in [-0.3, -0.25) is 4.79 Å². The Morgan fingerprint density at radius 1 is 1.33 bits per heavy atom. The first-order valence-electron chi connectivity index (χ1n) is 7.24. The van der Waals surface area contributed by atoms with Gasteiger partial charge in [-0.2, -0.15) is 5.26 Å². The van der Waals surface area contributed by atoms with E-state index in [1.807, 2.05) is 0 Å². The molecule has 5 heteroatoms.